The molecule has 0 N–H and O–H groups in total. The van der Waals surface area contributed by atoms with Crippen LogP contribution in [0.4, 0.5) is 5.69 Å². The highest BCUT2D eigenvalue weighted by atomic mass is 32.2. The zero-order chi connectivity index (χ0) is 35.9. The fourth-order valence-electron chi connectivity index (χ4n) is 8.54. The second kappa shape index (κ2) is 13.7. The summed E-state index contributed by atoms with van der Waals surface area (Å²) >= 11 is 1.74. The Morgan fingerprint density at radius 2 is 1.36 bits per heavy atom. The van der Waals surface area contributed by atoms with E-state index in [1.165, 1.54) is 38.3 Å². The van der Waals surface area contributed by atoms with Gasteiger partial charge in [0.1, 0.15) is 5.75 Å². The van der Waals surface area contributed by atoms with Gasteiger partial charge in [0, 0.05) is 21.8 Å². The Morgan fingerprint density at radius 3 is 2.08 bits per heavy atom. The lowest BCUT2D eigenvalue weighted by atomic mass is 9.66. The molecule has 3 heteroatoms. The van der Waals surface area contributed by atoms with Gasteiger partial charge in [-0.1, -0.05) is 153 Å². The monoisotopic (exact) mass is 703 g/mol. The molecular formula is C50H41NOS. The van der Waals surface area contributed by atoms with Gasteiger partial charge < -0.3 is 9.64 Å². The summed E-state index contributed by atoms with van der Waals surface area (Å²) in [7, 11) is 0. The van der Waals surface area contributed by atoms with Crippen LogP contribution in [-0.2, 0) is 5.41 Å². The van der Waals surface area contributed by atoms with Crippen molar-refractivity contribution in [3.05, 3.63) is 222 Å². The van der Waals surface area contributed by atoms with Crippen LogP contribution in [0.25, 0.3) is 22.3 Å². The van der Waals surface area contributed by atoms with Gasteiger partial charge in [-0.05, 0) is 111 Å². The number of hydrogen-bond acceptors (Lipinski definition) is 3. The standard InChI is InChI=1S/C50H41NOS/c1-34-22-25-37(26-23-34)50(45-17-8-4-15-43(45)44-16-5-9-18-46(44)50)38-27-30-39(31-28-38)51(40-29-24-35(2)41-13-7-11-21-49(41)53-33-40)47-19-12-32-52-48-20-10-6-14-42(48)36(47)3/h4-18,20-22,24-34,47H,2-3,19,23H2,1H3/b29-24-,32-12-,40-33+. The van der Waals surface area contributed by atoms with Gasteiger partial charge in [0.2, 0.25) is 0 Å². The smallest absolute Gasteiger partial charge is 0.134 e. The van der Waals surface area contributed by atoms with E-state index in [1.807, 2.05) is 18.4 Å². The van der Waals surface area contributed by atoms with Crippen LogP contribution in [0, 0.1) is 5.92 Å². The summed E-state index contributed by atoms with van der Waals surface area (Å²) in [6.45, 7) is 11.5. The van der Waals surface area contributed by atoms with Crippen molar-refractivity contribution < 1.29 is 4.74 Å². The Bertz CT molecular complexity index is 2380. The van der Waals surface area contributed by atoms with Crippen molar-refractivity contribution in [3.8, 4) is 16.9 Å². The second-order valence-corrected chi connectivity index (χ2v) is 15.2. The van der Waals surface area contributed by atoms with E-state index < -0.39 is 5.41 Å². The number of ether oxygens (including phenoxy) is 1. The van der Waals surface area contributed by atoms with Crippen LogP contribution in [0.3, 0.4) is 0 Å². The molecule has 0 saturated heterocycles. The Hall–Kier alpha value is -5.77. The van der Waals surface area contributed by atoms with E-state index in [0.717, 1.165) is 52.2 Å². The third-order valence-electron chi connectivity index (χ3n) is 11.1. The highest BCUT2D eigenvalue weighted by molar-refractivity contribution is 8.02. The topological polar surface area (TPSA) is 12.5 Å². The summed E-state index contributed by atoms with van der Waals surface area (Å²) in [6.07, 6.45) is 17.3. The molecule has 5 aromatic carbocycles. The maximum atomic E-state index is 6.06. The van der Waals surface area contributed by atoms with E-state index in [1.54, 1.807) is 11.8 Å². The largest absolute Gasteiger partial charge is 0.465 e. The molecule has 4 aliphatic rings. The lowest BCUT2D eigenvalue weighted by molar-refractivity contribution is 0.473. The van der Waals surface area contributed by atoms with Crippen molar-refractivity contribution in [2.45, 2.75) is 36.1 Å². The van der Waals surface area contributed by atoms with Gasteiger partial charge >= 0.3 is 0 Å². The summed E-state index contributed by atoms with van der Waals surface area (Å²) < 4.78 is 6.06. The lowest BCUT2D eigenvalue weighted by Gasteiger charge is -2.38. The molecule has 2 unspecified atom stereocenters. The fourth-order valence-corrected chi connectivity index (χ4v) is 9.47. The minimum absolute atomic E-state index is 0.0750. The molecule has 2 heterocycles. The van der Waals surface area contributed by atoms with Gasteiger partial charge in [0.15, 0.2) is 0 Å². The molecule has 53 heavy (non-hydrogen) atoms. The fraction of sp³-hybridized carbons (Fsp3) is 0.120. The number of nitrogens with zero attached hydrogens (tertiary/aromatic N) is 1. The Labute approximate surface area is 317 Å². The predicted molar refractivity (Wildman–Crippen MR) is 224 cm³/mol. The lowest BCUT2D eigenvalue weighted by Crippen LogP contribution is -2.35. The summed E-state index contributed by atoms with van der Waals surface area (Å²) in [5.74, 6) is 1.34. The van der Waals surface area contributed by atoms with Gasteiger partial charge in [0.25, 0.3) is 0 Å². The quantitative estimate of drug-likeness (QED) is 0.181. The first kappa shape index (κ1) is 33.1. The van der Waals surface area contributed by atoms with Crippen molar-refractivity contribution in [2.75, 3.05) is 4.90 Å². The third-order valence-corrected chi connectivity index (χ3v) is 12.1. The van der Waals surface area contributed by atoms with E-state index in [0.29, 0.717) is 5.92 Å². The Morgan fingerprint density at radius 1 is 0.698 bits per heavy atom. The molecule has 2 nitrogen and oxygen atoms in total. The Balaban J connectivity index is 1.22. The molecule has 0 radical (unpaired) electrons. The first-order chi connectivity index (χ1) is 26.0. The van der Waals surface area contributed by atoms with Crippen molar-refractivity contribution in [3.63, 3.8) is 0 Å². The normalized spacial score (nSPS) is 21.8. The molecule has 2 aliphatic heterocycles. The van der Waals surface area contributed by atoms with Crippen LogP contribution in [-0.4, -0.2) is 6.04 Å². The van der Waals surface area contributed by atoms with Crippen LogP contribution in [0.2, 0.25) is 0 Å². The van der Waals surface area contributed by atoms with Crippen molar-refractivity contribution in [2.24, 2.45) is 5.92 Å². The minimum Gasteiger partial charge on any atom is -0.465 e. The summed E-state index contributed by atoms with van der Waals surface area (Å²) in [5.41, 5.74) is 13.8. The van der Waals surface area contributed by atoms with Crippen LogP contribution in [0.5, 0.6) is 5.75 Å². The van der Waals surface area contributed by atoms with Crippen LogP contribution in [0.1, 0.15) is 47.6 Å². The number of anilines is 1. The first-order valence-corrected chi connectivity index (χ1v) is 19.3. The van der Waals surface area contributed by atoms with Crippen molar-refractivity contribution >= 4 is 28.6 Å². The molecule has 0 aromatic heterocycles. The van der Waals surface area contributed by atoms with E-state index in [-0.39, 0.29) is 6.04 Å². The summed E-state index contributed by atoms with van der Waals surface area (Å²) in [4.78, 5) is 3.64. The molecule has 0 saturated carbocycles. The van der Waals surface area contributed by atoms with Gasteiger partial charge in [-0.15, -0.1) is 0 Å². The minimum atomic E-state index is -0.424. The van der Waals surface area contributed by atoms with E-state index >= 15 is 0 Å². The van der Waals surface area contributed by atoms with Crippen molar-refractivity contribution in [1.29, 1.82) is 0 Å². The number of hydrogen-bond donors (Lipinski definition) is 0. The molecule has 0 fully saturated rings. The number of fused-ring (bicyclic) bond motifs is 5. The van der Waals surface area contributed by atoms with Crippen molar-refractivity contribution in [1.82, 2.24) is 0 Å². The second-order valence-electron chi connectivity index (χ2n) is 14.3. The highest BCUT2D eigenvalue weighted by Gasteiger charge is 2.47. The molecule has 258 valence electrons. The molecule has 2 aliphatic carbocycles. The SMILES string of the molecule is C=C1/C=C\C(N(c2ccc(C3(C4=CCC(C)C=C4)c4ccccc4-c4ccccc43)cc2)C2C/C=C\Oc3ccccc3C2=C)=C/Sc2ccccc21. The zero-order valence-electron chi connectivity index (χ0n) is 29.9. The van der Waals surface area contributed by atoms with Gasteiger partial charge in [-0.25, -0.2) is 0 Å². The maximum Gasteiger partial charge on any atom is 0.134 e. The molecule has 2 atom stereocenters. The summed E-state index contributed by atoms with van der Waals surface area (Å²) in [6, 6.07) is 43.9. The number of thioether (sulfide) groups is 1. The molecule has 9 rings (SSSR count). The zero-order valence-corrected chi connectivity index (χ0v) is 30.7. The molecular weight excluding hydrogens is 663 g/mol. The van der Waals surface area contributed by atoms with Gasteiger partial charge in [0.05, 0.1) is 17.7 Å². The number of benzene rings is 5. The number of rotatable bonds is 5. The number of para-hydroxylation sites is 1. The van der Waals surface area contributed by atoms with Crippen LogP contribution >= 0.6 is 11.8 Å². The number of allylic oxidation sites excluding steroid dienone is 7. The third kappa shape index (κ3) is 5.59. The predicted octanol–water partition coefficient (Wildman–Crippen LogP) is 12.9. The average Bonchev–Trinajstić information content (AvgIpc) is 3.50. The van der Waals surface area contributed by atoms with E-state index in [4.69, 9.17) is 11.3 Å². The van der Waals surface area contributed by atoms with Crippen LogP contribution in [0.15, 0.2) is 199 Å². The molecule has 5 aromatic rings. The maximum absolute atomic E-state index is 6.06. The highest BCUT2D eigenvalue weighted by Crippen LogP contribution is 2.57. The van der Waals surface area contributed by atoms with Gasteiger partial charge in [-0.3, -0.25) is 0 Å². The summed E-state index contributed by atoms with van der Waals surface area (Å²) in [5, 5.41) is 2.28. The average molecular weight is 704 g/mol. The molecule has 0 bridgehead atoms. The van der Waals surface area contributed by atoms with E-state index in [2.05, 4.69) is 169 Å². The first-order valence-electron chi connectivity index (χ1n) is 18.4. The Kier molecular flexibility index (Phi) is 8.52. The molecule has 0 amide bonds. The van der Waals surface area contributed by atoms with Crippen LogP contribution < -0.4 is 9.64 Å². The van der Waals surface area contributed by atoms with Gasteiger partial charge in [-0.2, -0.15) is 0 Å². The van der Waals surface area contributed by atoms with E-state index in [9.17, 15) is 0 Å². The molecule has 0 spiro atoms.